The summed E-state index contributed by atoms with van der Waals surface area (Å²) >= 11 is 0. The van der Waals surface area contributed by atoms with Crippen molar-refractivity contribution in [2.24, 2.45) is 0 Å². The lowest BCUT2D eigenvalue weighted by molar-refractivity contribution is -0.890. The molecule has 0 aliphatic carbocycles. The Labute approximate surface area is 179 Å². The van der Waals surface area contributed by atoms with E-state index in [9.17, 15) is 19.6 Å². The zero-order chi connectivity index (χ0) is 22.4. The van der Waals surface area contributed by atoms with Gasteiger partial charge in [-0.25, -0.2) is 5.06 Å². The van der Waals surface area contributed by atoms with Gasteiger partial charge >= 0.3 is 5.97 Å². The van der Waals surface area contributed by atoms with Crippen LogP contribution < -0.4 is 5.32 Å². The fourth-order valence-electron chi connectivity index (χ4n) is 3.13. The van der Waals surface area contributed by atoms with E-state index in [0.717, 1.165) is 48.9 Å². The van der Waals surface area contributed by atoms with Crippen LogP contribution in [0.4, 0.5) is 5.69 Å². The molecule has 0 saturated heterocycles. The van der Waals surface area contributed by atoms with E-state index in [0.29, 0.717) is 17.9 Å². The second-order valence-corrected chi connectivity index (χ2v) is 8.23. The van der Waals surface area contributed by atoms with E-state index in [1.165, 1.54) is 0 Å². The van der Waals surface area contributed by atoms with E-state index < -0.39 is 11.9 Å². The predicted molar refractivity (Wildman–Crippen MR) is 115 cm³/mol. The third-order valence-electron chi connectivity index (χ3n) is 4.95. The molecule has 30 heavy (non-hydrogen) atoms. The Kier molecular flexibility index (Phi) is 11.7. The van der Waals surface area contributed by atoms with Crippen LogP contribution in [0.2, 0.25) is 0 Å². The number of amides is 2. The molecular weight excluding hydrogens is 386 g/mol. The van der Waals surface area contributed by atoms with Crippen LogP contribution >= 0.6 is 0 Å². The summed E-state index contributed by atoms with van der Waals surface area (Å²) < 4.78 is 0.842. The summed E-state index contributed by atoms with van der Waals surface area (Å²) in [6.07, 6.45) is 4.47. The molecule has 0 spiro atoms. The fraction of sp³-hybridized carbons (Fsp3) is 0.591. The van der Waals surface area contributed by atoms with Gasteiger partial charge in [-0.1, -0.05) is 18.2 Å². The molecule has 0 aliphatic heterocycles. The summed E-state index contributed by atoms with van der Waals surface area (Å²) in [4.78, 5) is 34.0. The Bertz CT molecular complexity index is 664. The maximum absolute atomic E-state index is 11.9. The lowest BCUT2D eigenvalue weighted by atomic mass is 10.1. The highest BCUT2D eigenvalue weighted by Gasteiger charge is 2.16. The smallest absolute Gasteiger partial charge is 0.303 e. The lowest BCUT2D eigenvalue weighted by Gasteiger charge is -2.30. The molecule has 0 aromatic heterocycles. The summed E-state index contributed by atoms with van der Waals surface area (Å²) in [5.74, 6) is -1.56. The number of benzene rings is 1. The molecule has 0 atom stereocenters. The average molecular weight is 423 g/mol. The van der Waals surface area contributed by atoms with E-state index in [2.05, 4.69) is 19.4 Å². The number of aliphatic carboxylic acids is 1. The lowest BCUT2D eigenvalue weighted by Crippen LogP contribution is -2.41. The van der Waals surface area contributed by atoms with Crippen molar-refractivity contribution in [2.75, 3.05) is 39.0 Å². The predicted octanol–water partition coefficient (Wildman–Crippen LogP) is 3.12. The molecule has 1 aromatic carbocycles. The molecule has 0 heterocycles. The van der Waals surface area contributed by atoms with Gasteiger partial charge in [-0.2, -0.15) is 0 Å². The number of carboxylic acid groups (broad SMARTS) is 1. The number of hydrogen-bond donors (Lipinski definition) is 3. The highest BCUT2D eigenvalue weighted by atomic mass is 16.5. The molecule has 8 nitrogen and oxygen atoms in total. The molecule has 168 valence electrons. The molecule has 0 saturated carbocycles. The molecule has 0 aliphatic rings. The van der Waals surface area contributed by atoms with Gasteiger partial charge in [-0.3, -0.25) is 19.6 Å². The number of hydrogen-bond acceptors (Lipinski definition) is 4. The van der Waals surface area contributed by atoms with E-state index in [4.69, 9.17) is 5.11 Å². The van der Waals surface area contributed by atoms with Gasteiger partial charge in [0.1, 0.15) is 0 Å². The van der Waals surface area contributed by atoms with Crippen molar-refractivity contribution in [3.8, 4) is 0 Å². The highest BCUT2D eigenvalue weighted by molar-refractivity contribution is 5.90. The number of para-hydroxylation sites is 1. The van der Waals surface area contributed by atoms with Crippen LogP contribution in [0.25, 0.3) is 0 Å². The summed E-state index contributed by atoms with van der Waals surface area (Å²) in [6, 6.07) is 9.45. The van der Waals surface area contributed by atoms with Gasteiger partial charge in [-0.15, -0.1) is 0 Å². The molecule has 1 rings (SSSR count). The van der Waals surface area contributed by atoms with Gasteiger partial charge < -0.3 is 14.9 Å². The van der Waals surface area contributed by atoms with Gasteiger partial charge in [0.25, 0.3) is 0 Å². The first kappa shape index (κ1) is 25.6. The van der Waals surface area contributed by atoms with Crippen LogP contribution in [-0.4, -0.2) is 71.4 Å². The normalized spacial score (nSPS) is 11.2. The standard InChI is InChI=1S/C22H35N3O5/c1-25(2,18-10-8-16-24(30)21(27)14-15-22(28)29)17-9-4-7-13-20(26)23-19-11-5-3-6-12-19/h3,5-6,11-12,30H,4,7-10,13-18H2,1-2H3,(H-,23,26,28,29)/p+1. The van der Waals surface area contributed by atoms with E-state index in [1.807, 2.05) is 30.3 Å². The summed E-state index contributed by atoms with van der Waals surface area (Å²) in [5, 5.41) is 21.7. The van der Waals surface area contributed by atoms with Gasteiger partial charge in [-0.05, 0) is 44.2 Å². The third-order valence-corrected chi connectivity index (χ3v) is 4.95. The molecule has 0 bridgehead atoms. The van der Waals surface area contributed by atoms with Crippen molar-refractivity contribution < 1.29 is 29.2 Å². The molecule has 0 fully saturated rings. The second kappa shape index (κ2) is 13.7. The first-order valence-electron chi connectivity index (χ1n) is 10.6. The van der Waals surface area contributed by atoms with Crippen LogP contribution in [0.15, 0.2) is 30.3 Å². The molecule has 3 N–H and O–H groups in total. The topological polar surface area (TPSA) is 107 Å². The minimum atomic E-state index is -1.05. The van der Waals surface area contributed by atoms with Crippen LogP contribution in [0.5, 0.6) is 0 Å². The fourth-order valence-corrected chi connectivity index (χ4v) is 3.13. The van der Waals surface area contributed by atoms with Crippen LogP contribution in [0, 0.1) is 0 Å². The summed E-state index contributed by atoms with van der Waals surface area (Å²) in [7, 11) is 4.30. The Balaban J connectivity index is 2.09. The molecular formula is C22H36N3O5+. The van der Waals surface area contributed by atoms with E-state index >= 15 is 0 Å². The number of rotatable bonds is 15. The number of hydroxylamine groups is 2. The summed E-state index contributed by atoms with van der Waals surface area (Å²) in [5.41, 5.74) is 0.824. The van der Waals surface area contributed by atoms with Crippen molar-refractivity contribution >= 4 is 23.5 Å². The van der Waals surface area contributed by atoms with Gasteiger partial charge in [0.15, 0.2) is 0 Å². The number of carbonyl (C=O) groups is 3. The number of carboxylic acids is 1. The minimum absolute atomic E-state index is 0.0430. The SMILES string of the molecule is C[N+](C)(CCCCCC(=O)Nc1ccccc1)CCCCN(O)C(=O)CCC(=O)O. The number of unbranched alkanes of at least 4 members (excludes halogenated alkanes) is 3. The van der Waals surface area contributed by atoms with Gasteiger partial charge in [0.05, 0.1) is 33.6 Å². The van der Waals surface area contributed by atoms with Crippen LogP contribution in [-0.2, 0) is 14.4 Å². The number of anilines is 1. The number of quaternary nitrogens is 1. The largest absolute Gasteiger partial charge is 0.481 e. The maximum atomic E-state index is 11.9. The van der Waals surface area contributed by atoms with E-state index in [1.54, 1.807) is 0 Å². The first-order chi connectivity index (χ1) is 14.2. The molecule has 8 heteroatoms. The number of nitrogens with zero attached hydrogens (tertiary/aromatic N) is 2. The Morgan fingerprint density at radius 3 is 2.17 bits per heavy atom. The Morgan fingerprint density at radius 2 is 1.53 bits per heavy atom. The zero-order valence-corrected chi connectivity index (χ0v) is 18.2. The average Bonchev–Trinajstić information content (AvgIpc) is 2.69. The minimum Gasteiger partial charge on any atom is -0.481 e. The second-order valence-electron chi connectivity index (χ2n) is 8.23. The van der Waals surface area contributed by atoms with E-state index in [-0.39, 0.29) is 25.3 Å². The molecule has 1 aromatic rings. The van der Waals surface area contributed by atoms with Crippen molar-refractivity contribution in [3.63, 3.8) is 0 Å². The van der Waals surface area contributed by atoms with Crippen molar-refractivity contribution in [1.82, 2.24) is 5.06 Å². The monoisotopic (exact) mass is 422 g/mol. The number of nitrogens with one attached hydrogen (secondary N) is 1. The third kappa shape index (κ3) is 12.2. The first-order valence-corrected chi connectivity index (χ1v) is 10.6. The Hall–Kier alpha value is -2.45. The van der Waals surface area contributed by atoms with Gasteiger partial charge in [0, 0.05) is 25.1 Å². The van der Waals surface area contributed by atoms with Crippen molar-refractivity contribution in [1.29, 1.82) is 0 Å². The molecule has 0 unspecified atom stereocenters. The summed E-state index contributed by atoms with van der Waals surface area (Å²) in [6.45, 7) is 2.14. The van der Waals surface area contributed by atoms with Crippen LogP contribution in [0.3, 0.4) is 0 Å². The zero-order valence-electron chi connectivity index (χ0n) is 18.2. The van der Waals surface area contributed by atoms with Gasteiger partial charge in [0.2, 0.25) is 11.8 Å². The van der Waals surface area contributed by atoms with Crippen molar-refractivity contribution in [3.05, 3.63) is 30.3 Å². The molecule has 2 amide bonds. The molecule has 0 radical (unpaired) electrons. The maximum Gasteiger partial charge on any atom is 0.303 e. The highest BCUT2D eigenvalue weighted by Crippen LogP contribution is 2.10. The number of carbonyl (C=O) groups excluding carboxylic acids is 2. The van der Waals surface area contributed by atoms with Crippen LogP contribution in [0.1, 0.15) is 51.4 Å². The van der Waals surface area contributed by atoms with Crippen molar-refractivity contribution in [2.45, 2.75) is 51.4 Å². The quantitative estimate of drug-likeness (QED) is 0.174. The Morgan fingerprint density at radius 1 is 0.900 bits per heavy atom.